The highest BCUT2D eigenvalue weighted by Gasteiger charge is 2.35. The molecule has 118 valence electrons. The van der Waals surface area contributed by atoms with Crippen molar-refractivity contribution in [1.82, 2.24) is 0 Å². The first-order valence-corrected chi connectivity index (χ1v) is 9.78. The number of rotatable bonds is 9. The topological polar surface area (TPSA) is 46.5 Å². The van der Waals surface area contributed by atoms with Crippen LogP contribution in [0.4, 0.5) is 0 Å². The van der Waals surface area contributed by atoms with Crippen LogP contribution in [0, 0.1) is 0 Å². The molecule has 1 aliphatic rings. The second kappa shape index (κ2) is 7.58. The summed E-state index contributed by atoms with van der Waals surface area (Å²) in [5.74, 6) is 0. The predicted molar refractivity (Wildman–Crippen MR) is 87.2 cm³/mol. The van der Waals surface area contributed by atoms with E-state index in [9.17, 15) is 9.46 Å². The summed E-state index contributed by atoms with van der Waals surface area (Å²) >= 11 is 0. The van der Waals surface area contributed by atoms with Crippen LogP contribution in [0.15, 0.2) is 18.2 Å². The van der Waals surface area contributed by atoms with E-state index >= 15 is 0 Å². The Labute approximate surface area is 128 Å². The smallest absolute Gasteiger partial charge is 0.321 e. The molecule has 4 heteroatoms. The third-order valence-electron chi connectivity index (χ3n) is 3.95. The molecule has 0 heterocycles. The normalized spacial score (nSPS) is 17.7. The number of hydrogen-bond acceptors (Lipinski definition) is 2. The van der Waals surface area contributed by atoms with Crippen molar-refractivity contribution < 1.29 is 14.0 Å². The lowest BCUT2D eigenvalue weighted by molar-refractivity contribution is 0.258. The zero-order valence-electron chi connectivity index (χ0n) is 13.2. The van der Waals surface area contributed by atoms with Crippen LogP contribution < -0.4 is 5.30 Å². The molecule has 1 atom stereocenters. The highest BCUT2D eigenvalue weighted by molar-refractivity contribution is 7.61. The molecule has 1 aromatic rings. The lowest BCUT2D eigenvalue weighted by atomic mass is 9.98. The molecule has 0 radical (unpaired) electrons. The quantitative estimate of drug-likeness (QED) is 0.689. The van der Waals surface area contributed by atoms with Gasteiger partial charge in [0.1, 0.15) is 0 Å². The molecule has 1 unspecified atom stereocenters. The van der Waals surface area contributed by atoms with Crippen molar-refractivity contribution in [2.24, 2.45) is 0 Å². The highest BCUT2D eigenvalue weighted by atomic mass is 31.2. The van der Waals surface area contributed by atoms with E-state index in [1.54, 1.807) is 6.07 Å². The second-order valence-electron chi connectivity index (χ2n) is 5.95. The van der Waals surface area contributed by atoms with Gasteiger partial charge in [-0.25, -0.2) is 0 Å². The molecule has 1 aliphatic carbocycles. The molecule has 2 rings (SSSR count). The van der Waals surface area contributed by atoms with Crippen molar-refractivity contribution in [3.8, 4) is 0 Å². The van der Waals surface area contributed by atoms with Gasteiger partial charge in [-0.05, 0) is 55.7 Å². The van der Waals surface area contributed by atoms with Crippen LogP contribution in [0.3, 0.4) is 0 Å². The summed E-state index contributed by atoms with van der Waals surface area (Å²) in [5.41, 5.74) is 2.27. The summed E-state index contributed by atoms with van der Waals surface area (Å²) < 4.78 is 18.0. The predicted octanol–water partition coefficient (Wildman–Crippen LogP) is 4.36. The van der Waals surface area contributed by atoms with E-state index in [0.29, 0.717) is 5.30 Å². The molecule has 3 nitrogen and oxygen atoms in total. The van der Waals surface area contributed by atoms with Gasteiger partial charge < -0.3 is 9.42 Å². The van der Waals surface area contributed by atoms with Crippen LogP contribution in [0.1, 0.15) is 63.5 Å². The molecule has 21 heavy (non-hydrogen) atoms. The largest absolute Gasteiger partial charge is 0.359 e. The van der Waals surface area contributed by atoms with Crippen molar-refractivity contribution >= 4 is 12.9 Å². The van der Waals surface area contributed by atoms with Crippen molar-refractivity contribution in [3.63, 3.8) is 0 Å². The molecule has 1 saturated carbocycles. The summed E-state index contributed by atoms with van der Waals surface area (Å²) in [6.45, 7) is 4.32. The molecule has 0 spiro atoms. The van der Waals surface area contributed by atoms with Crippen molar-refractivity contribution in [3.05, 3.63) is 29.3 Å². The van der Waals surface area contributed by atoms with Gasteiger partial charge in [0.15, 0.2) is 0 Å². The van der Waals surface area contributed by atoms with Gasteiger partial charge in [-0.15, -0.1) is 0 Å². The Bertz CT molecular complexity index is 509. The van der Waals surface area contributed by atoms with Gasteiger partial charge in [-0.3, -0.25) is 4.57 Å². The van der Waals surface area contributed by atoms with Gasteiger partial charge >= 0.3 is 7.60 Å². The minimum atomic E-state index is -3.68. The second-order valence-corrected chi connectivity index (χ2v) is 7.68. The van der Waals surface area contributed by atoms with Crippen LogP contribution in [0.2, 0.25) is 0 Å². The van der Waals surface area contributed by atoms with E-state index < -0.39 is 7.60 Å². The first kappa shape index (κ1) is 16.7. The summed E-state index contributed by atoms with van der Waals surface area (Å²) in [7, 11) is -3.68. The van der Waals surface area contributed by atoms with Crippen molar-refractivity contribution in [1.29, 1.82) is 0 Å². The zero-order chi connectivity index (χ0) is 15.3. The molecule has 1 aromatic carbocycles. The fourth-order valence-corrected chi connectivity index (χ4v) is 4.16. The Morgan fingerprint density at radius 3 is 2.48 bits per heavy atom. The lowest BCUT2D eigenvalue weighted by Crippen LogP contribution is -2.16. The van der Waals surface area contributed by atoms with Gasteiger partial charge in [0.05, 0.1) is 11.4 Å². The molecule has 1 N–H and O–H groups in total. The Kier molecular flexibility index (Phi) is 6.04. The molecular formula is C17H27O3P. The summed E-state index contributed by atoms with van der Waals surface area (Å²) in [6.07, 6.45) is 8.01. The third kappa shape index (κ3) is 4.67. The molecule has 0 aromatic heterocycles. The van der Waals surface area contributed by atoms with Gasteiger partial charge in [-0.1, -0.05) is 38.8 Å². The Morgan fingerprint density at radius 1 is 1.19 bits per heavy atom. The number of unbranched alkanes of at least 4 members (excludes halogenated alkanes) is 2. The molecular weight excluding hydrogens is 283 g/mol. The van der Waals surface area contributed by atoms with Crippen LogP contribution in [0.25, 0.3) is 0 Å². The van der Waals surface area contributed by atoms with Crippen molar-refractivity contribution in [2.45, 2.75) is 71.3 Å². The fraction of sp³-hybridized carbons (Fsp3) is 0.647. The number of hydrogen-bond donors (Lipinski definition) is 1. The Morgan fingerprint density at radius 2 is 1.86 bits per heavy atom. The number of benzene rings is 1. The van der Waals surface area contributed by atoms with E-state index in [2.05, 4.69) is 19.9 Å². The lowest BCUT2D eigenvalue weighted by Gasteiger charge is -2.19. The minimum absolute atomic E-state index is 0.0147. The van der Waals surface area contributed by atoms with Gasteiger partial charge in [-0.2, -0.15) is 0 Å². The van der Waals surface area contributed by atoms with E-state index in [-0.39, 0.29) is 6.10 Å². The molecule has 0 amide bonds. The standard InChI is InChI=1S/C17H27O3P/c1-3-5-8-14-9-7-11-17(16(14)10-6-4-2)21(18,19)20-15-12-13-15/h7,9,11,15H,3-6,8,10,12-13H2,1-2H3,(H,18,19). The first-order valence-electron chi connectivity index (χ1n) is 8.21. The van der Waals surface area contributed by atoms with Gasteiger partial charge in [0.2, 0.25) is 0 Å². The van der Waals surface area contributed by atoms with E-state index in [1.165, 1.54) is 5.56 Å². The van der Waals surface area contributed by atoms with Crippen LogP contribution in [0.5, 0.6) is 0 Å². The Hall–Kier alpha value is -0.630. The maximum atomic E-state index is 12.6. The SMILES string of the molecule is CCCCc1cccc(P(=O)(O)OC2CC2)c1CCCC. The monoisotopic (exact) mass is 310 g/mol. The summed E-state index contributed by atoms with van der Waals surface area (Å²) in [6, 6.07) is 5.78. The average Bonchev–Trinajstić information content (AvgIpc) is 3.26. The van der Waals surface area contributed by atoms with Crippen LogP contribution >= 0.6 is 7.60 Å². The molecule has 0 bridgehead atoms. The van der Waals surface area contributed by atoms with Gasteiger partial charge in [0, 0.05) is 0 Å². The summed E-state index contributed by atoms with van der Waals surface area (Å²) in [4.78, 5) is 10.4. The first-order chi connectivity index (χ1) is 10.1. The fourth-order valence-electron chi connectivity index (χ4n) is 2.56. The summed E-state index contributed by atoms with van der Waals surface area (Å²) in [5, 5.41) is 0.538. The van der Waals surface area contributed by atoms with Gasteiger partial charge in [0.25, 0.3) is 0 Å². The maximum absolute atomic E-state index is 12.6. The van der Waals surface area contributed by atoms with Crippen LogP contribution in [-0.4, -0.2) is 11.0 Å². The maximum Gasteiger partial charge on any atom is 0.359 e. The number of aryl methyl sites for hydroxylation is 1. The van der Waals surface area contributed by atoms with E-state index in [1.807, 2.05) is 6.07 Å². The minimum Gasteiger partial charge on any atom is -0.321 e. The molecule has 0 aliphatic heterocycles. The van der Waals surface area contributed by atoms with Crippen LogP contribution in [-0.2, 0) is 21.9 Å². The molecule has 1 fully saturated rings. The third-order valence-corrected chi connectivity index (χ3v) is 5.56. The zero-order valence-corrected chi connectivity index (χ0v) is 14.1. The Balaban J connectivity index is 2.30. The van der Waals surface area contributed by atoms with E-state index in [0.717, 1.165) is 56.9 Å². The highest BCUT2D eigenvalue weighted by Crippen LogP contribution is 2.48. The average molecular weight is 310 g/mol. The van der Waals surface area contributed by atoms with Crippen molar-refractivity contribution in [2.75, 3.05) is 0 Å². The van der Waals surface area contributed by atoms with E-state index in [4.69, 9.17) is 4.52 Å². The molecule has 0 saturated heterocycles.